The Morgan fingerprint density at radius 2 is 1.64 bits per heavy atom. The van der Waals surface area contributed by atoms with Crippen molar-refractivity contribution in [3.05, 3.63) is 0 Å². The molecular formula is C8H13NO2. The van der Waals surface area contributed by atoms with E-state index >= 15 is 0 Å². The van der Waals surface area contributed by atoms with Gasteiger partial charge in [-0.15, -0.1) is 0 Å². The number of ketones is 1. The van der Waals surface area contributed by atoms with Gasteiger partial charge in [0.15, 0.2) is 0 Å². The van der Waals surface area contributed by atoms with Gasteiger partial charge in [0.05, 0.1) is 0 Å². The highest BCUT2D eigenvalue weighted by atomic mass is 16.2. The molecule has 3 nitrogen and oxygen atoms in total. The summed E-state index contributed by atoms with van der Waals surface area (Å²) in [4.78, 5) is 23.4. The van der Waals surface area contributed by atoms with Gasteiger partial charge < -0.3 is 4.90 Å². The van der Waals surface area contributed by atoms with Crippen molar-refractivity contribution in [2.45, 2.75) is 26.2 Å². The zero-order valence-corrected chi connectivity index (χ0v) is 6.80. The predicted molar refractivity (Wildman–Crippen MR) is 41.1 cm³/mol. The van der Waals surface area contributed by atoms with Crippen molar-refractivity contribution in [2.75, 3.05) is 13.1 Å². The number of carbonyl (C=O) groups is 2. The van der Waals surface area contributed by atoms with Crippen molar-refractivity contribution in [3.63, 3.8) is 0 Å². The maximum atomic E-state index is 11.1. The van der Waals surface area contributed by atoms with Crippen LogP contribution >= 0.6 is 0 Å². The number of hydrogen-bond donors (Lipinski definition) is 0. The minimum Gasteiger partial charge on any atom is -0.336 e. The first-order valence-electron chi connectivity index (χ1n) is 4.01. The van der Waals surface area contributed by atoms with Crippen LogP contribution in [0.1, 0.15) is 26.2 Å². The second kappa shape index (κ2) is 3.51. The summed E-state index contributed by atoms with van der Waals surface area (Å²) in [7, 11) is 0. The topological polar surface area (TPSA) is 37.4 Å². The van der Waals surface area contributed by atoms with E-state index in [-0.39, 0.29) is 11.7 Å². The number of nitrogens with zero attached hydrogens (tertiary/aromatic N) is 1. The van der Waals surface area contributed by atoms with Gasteiger partial charge in [-0.3, -0.25) is 9.59 Å². The molecule has 11 heavy (non-hydrogen) atoms. The highest BCUT2D eigenvalue weighted by molar-refractivity contribution is 6.35. The van der Waals surface area contributed by atoms with Crippen molar-refractivity contribution in [2.24, 2.45) is 0 Å². The molecule has 0 unspecified atom stereocenters. The van der Waals surface area contributed by atoms with Gasteiger partial charge in [-0.2, -0.15) is 0 Å². The number of amides is 1. The number of piperidine rings is 1. The number of carbonyl (C=O) groups excluding carboxylic acids is 2. The highest BCUT2D eigenvalue weighted by Crippen LogP contribution is 2.08. The van der Waals surface area contributed by atoms with E-state index in [4.69, 9.17) is 0 Å². The molecule has 0 spiro atoms. The van der Waals surface area contributed by atoms with Crippen molar-refractivity contribution >= 4 is 11.7 Å². The molecule has 0 radical (unpaired) electrons. The summed E-state index contributed by atoms with van der Waals surface area (Å²) >= 11 is 0. The first kappa shape index (κ1) is 8.24. The first-order chi connectivity index (χ1) is 5.22. The van der Waals surface area contributed by atoms with Crippen LogP contribution in [-0.4, -0.2) is 29.7 Å². The van der Waals surface area contributed by atoms with Gasteiger partial charge in [0.1, 0.15) is 0 Å². The van der Waals surface area contributed by atoms with Crippen LogP contribution in [0.3, 0.4) is 0 Å². The summed E-state index contributed by atoms with van der Waals surface area (Å²) in [5, 5.41) is 0. The van der Waals surface area contributed by atoms with E-state index in [0.29, 0.717) is 0 Å². The molecular weight excluding hydrogens is 142 g/mol. The van der Waals surface area contributed by atoms with Gasteiger partial charge in [-0.1, -0.05) is 0 Å². The molecule has 3 heteroatoms. The SMILES string of the molecule is CC(=O)C(=O)N1CCCCC1. The third-order valence-electron chi connectivity index (χ3n) is 1.94. The monoisotopic (exact) mass is 155 g/mol. The molecule has 0 N–H and O–H groups in total. The van der Waals surface area contributed by atoms with Gasteiger partial charge in [-0.25, -0.2) is 0 Å². The summed E-state index contributed by atoms with van der Waals surface area (Å²) in [6.07, 6.45) is 3.26. The lowest BCUT2D eigenvalue weighted by Crippen LogP contribution is -2.39. The molecule has 0 bridgehead atoms. The van der Waals surface area contributed by atoms with Crippen LogP contribution in [0, 0.1) is 0 Å². The minimum atomic E-state index is -0.341. The van der Waals surface area contributed by atoms with Gasteiger partial charge >= 0.3 is 0 Å². The van der Waals surface area contributed by atoms with Crippen molar-refractivity contribution in [1.82, 2.24) is 4.90 Å². The van der Waals surface area contributed by atoms with E-state index in [9.17, 15) is 9.59 Å². The van der Waals surface area contributed by atoms with Crippen LogP contribution in [0.25, 0.3) is 0 Å². The lowest BCUT2D eigenvalue weighted by atomic mass is 10.1. The Morgan fingerprint density at radius 3 is 2.09 bits per heavy atom. The van der Waals surface area contributed by atoms with E-state index in [2.05, 4.69) is 0 Å². The number of hydrogen-bond acceptors (Lipinski definition) is 2. The van der Waals surface area contributed by atoms with Crippen LogP contribution in [0.5, 0.6) is 0 Å². The molecule has 1 amide bonds. The fraction of sp³-hybridized carbons (Fsp3) is 0.750. The number of rotatable bonds is 1. The third-order valence-corrected chi connectivity index (χ3v) is 1.94. The average Bonchev–Trinajstić information content (AvgIpc) is 2.05. The van der Waals surface area contributed by atoms with Gasteiger partial charge in [0, 0.05) is 20.0 Å². The second-order valence-electron chi connectivity index (χ2n) is 2.91. The van der Waals surface area contributed by atoms with E-state index in [1.54, 1.807) is 4.90 Å². The second-order valence-corrected chi connectivity index (χ2v) is 2.91. The summed E-state index contributed by atoms with van der Waals surface area (Å²) in [5.41, 5.74) is 0. The number of likely N-dealkylation sites (tertiary alicyclic amines) is 1. The fourth-order valence-electron chi connectivity index (χ4n) is 1.32. The van der Waals surface area contributed by atoms with E-state index in [1.165, 1.54) is 13.3 Å². The van der Waals surface area contributed by atoms with Crippen LogP contribution in [0.4, 0.5) is 0 Å². The Balaban J connectivity index is 2.45. The smallest absolute Gasteiger partial charge is 0.289 e. The van der Waals surface area contributed by atoms with E-state index in [1.807, 2.05) is 0 Å². The summed E-state index contributed by atoms with van der Waals surface area (Å²) in [6, 6.07) is 0. The Kier molecular flexibility index (Phi) is 2.63. The lowest BCUT2D eigenvalue weighted by molar-refractivity contribution is -0.144. The summed E-state index contributed by atoms with van der Waals surface area (Å²) in [6.45, 7) is 2.85. The normalized spacial score (nSPS) is 18.1. The third kappa shape index (κ3) is 2.03. The zero-order chi connectivity index (χ0) is 8.27. The molecule has 0 saturated carbocycles. The largest absolute Gasteiger partial charge is 0.336 e. The summed E-state index contributed by atoms with van der Waals surface area (Å²) in [5.74, 6) is -0.656. The Morgan fingerprint density at radius 1 is 1.09 bits per heavy atom. The first-order valence-corrected chi connectivity index (χ1v) is 4.01. The van der Waals surface area contributed by atoms with Crippen LogP contribution < -0.4 is 0 Å². The number of Topliss-reactive ketones (excluding diaryl/α,β-unsaturated/α-hetero) is 1. The van der Waals surface area contributed by atoms with Crippen LogP contribution in [-0.2, 0) is 9.59 Å². The Bertz CT molecular complexity index is 171. The molecule has 1 aliphatic rings. The minimum absolute atomic E-state index is 0.315. The highest BCUT2D eigenvalue weighted by Gasteiger charge is 2.19. The van der Waals surface area contributed by atoms with Gasteiger partial charge in [-0.05, 0) is 19.3 Å². The van der Waals surface area contributed by atoms with Crippen molar-refractivity contribution < 1.29 is 9.59 Å². The van der Waals surface area contributed by atoms with Gasteiger partial charge in [0.2, 0.25) is 5.78 Å². The molecule has 0 atom stereocenters. The Hall–Kier alpha value is -0.860. The molecule has 62 valence electrons. The lowest BCUT2D eigenvalue weighted by Gasteiger charge is -2.25. The maximum absolute atomic E-state index is 11.1. The fourth-order valence-corrected chi connectivity index (χ4v) is 1.32. The molecule has 0 aromatic heterocycles. The molecule has 0 aromatic rings. The predicted octanol–water partition coefficient (Wildman–Crippen LogP) is 0.588. The van der Waals surface area contributed by atoms with E-state index in [0.717, 1.165) is 25.9 Å². The molecule has 1 saturated heterocycles. The molecule has 0 aromatic carbocycles. The maximum Gasteiger partial charge on any atom is 0.289 e. The molecule has 1 aliphatic heterocycles. The zero-order valence-electron chi connectivity index (χ0n) is 6.80. The standard InChI is InChI=1S/C8H13NO2/c1-7(10)8(11)9-5-3-2-4-6-9/h2-6H2,1H3. The summed E-state index contributed by atoms with van der Waals surface area (Å²) < 4.78 is 0. The molecule has 0 aliphatic carbocycles. The molecule has 1 rings (SSSR count). The van der Waals surface area contributed by atoms with Gasteiger partial charge in [0.25, 0.3) is 5.91 Å². The van der Waals surface area contributed by atoms with Crippen LogP contribution in [0.15, 0.2) is 0 Å². The van der Waals surface area contributed by atoms with Crippen LogP contribution in [0.2, 0.25) is 0 Å². The van der Waals surface area contributed by atoms with Crippen molar-refractivity contribution in [1.29, 1.82) is 0 Å². The molecule has 1 heterocycles. The Labute approximate surface area is 66.4 Å². The average molecular weight is 155 g/mol. The van der Waals surface area contributed by atoms with Crippen molar-refractivity contribution in [3.8, 4) is 0 Å². The molecule has 1 fully saturated rings. The van der Waals surface area contributed by atoms with E-state index < -0.39 is 0 Å². The quantitative estimate of drug-likeness (QED) is 0.520.